The summed E-state index contributed by atoms with van der Waals surface area (Å²) in [6.07, 6.45) is -0.475. The average Bonchev–Trinajstić information content (AvgIpc) is 2.74. The van der Waals surface area contributed by atoms with Gasteiger partial charge in [0, 0.05) is 16.5 Å². The molecule has 1 unspecified atom stereocenters. The van der Waals surface area contributed by atoms with Gasteiger partial charge in [-0.1, -0.05) is 13.8 Å². The molecule has 4 heteroatoms. The first-order chi connectivity index (χ1) is 9.08. The number of Topliss-reactive ketones (excluding diaryl/α,β-unsaturated/α-hetero) is 1. The van der Waals surface area contributed by atoms with Gasteiger partial charge in [0.05, 0.1) is 26.4 Å². The van der Waals surface area contributed by atoms with E-state index in [9.17, 15) is 4.79 Å². The molecule has 0 spiro atoms. The van der Waals surface area contributed by atoms with Crippen LogP contribution in [0, 0.1) is 0 Å². The quantitative estimate of drug-likeness (QED) is 0.764. The van der Waals surface area contributed by atoms with Gasteiger partial charge in [0.25, 0.3) is 0 Å². The Morgan fingerprint density at radius 3 is 2.89 bits per heavy atom. The first-order valence-electron chi connectivity index (χ1n) is 6.59. The number of hydrogen-bond acceptors (Lipinski definition) is 4. The van der Waals surface area contributed by atoms with Gasteiger partial charge in [-0.3, -0.25) is 4.79 Å². The van der Waals surface area contributed by atoms with Crippen LogP contribution in [-0.4, -0.2) is 38.3 Å². The van der Waals surface area contributed by atoms with Crippen LogP contribution in [0.15, 0.2) is 18.2 Å². The molecule has 0 saturated carbocycles. The fourth-order valence-corrected chi connectivity index (χ4v) is 2.50. The lowest BCUT2D eigenvalue weighted by molar-refractivity contribution is -0.0719. The number of carbonyl (C=O) groups is 1. The van der Waals surface area contributed by atoms with Crippen LogP contribution in [0.1, 0.15) is 29.8 Å². The fourth-order valence-electron chi connectivity index (χ4n) is 2.50. The van der Waals surface area contributed by atoms with E-state index in [1.54, 1.807) is 6.07 Å². The van der Waals surface area contributed by atoms with Crippen LogP contribution in [0.25, 0.3) is 0 Å². The van der Waals surface area contributed by atoms with Gasteiger partial charge >= 0.3 is 0 Å². The van der Waals surface area contributed by atoms with Gasteiger partial charge in [-0.25, -0.2) is 0 Å². The molecule has 0 aliphatic carbocycles. The molecule has 0 N–H and O–H groups in total. The van der Waals surface area contributed by atoms with Crippen LogP contribution in [0.4, 0.5) is 0 Å². The second kappa shape index (κ2) is 4.62. The van der Waals surface area contributed by atoms with Gasteiger partial charge in [-0.15, -0.1) is 0 Å². The van der Waals surface area contributed by atoms with Crippen molar-refractivity contribution in [2.75, 3.05) is 26.4 Å². The molecule has 3 rings (SSSR count). The van der Waals surface area contributed by atoms with E-state index in [1.165, 1.54) is 0 Å². The Bertz CT molecular complexity index is 501. The minimum Gasteiger partial charge on any atom is -0.492 e. The molecule has 102 valence electrons. The number of hydrogen-bond donors (Lipinski definition) is 0. The van der Waals surface area contributed by atoms with E-state index in [4.69, 9.17) is 14.2 Å². The largest absolute Gasteiger partial charge is 0.492 e. The van der Waals surface area contributed by atoms with E-state index in [0.29, 0.717) is 32.0 Å². The third-order valence-electron chi connectivity index (χ3n) is 3.69. The van der Waals surface area contributed by atoms with Crippen molar-refractivity contribution in [1.82, 2.24) is 0 Å². The van der Waals surface area contributed by atoms with Crippen molar-refractivity contribution in [2.24, 2.45) is 0 Å². The van der Waals surface area contributed by atoms with E-state index in [2.05, 4.69) is 13.8 Å². The summed E-state index contributed by atoms with van der Waals surface area (Å²) in [5, 5.41) is 0. The van der Waals surface area contributed by atoms with Crippen molar-refractivity contribution < 1.29 is 19.0 Å². The van der Waals surface area contributed by atoms with Crippen molar-refractivity contribution >= 4 is 5.78 Å². The number of rotatable bonds is 2. The van der Waals surface area contributed by atoms with Crippen LogP contribution in [0.5, 0.6) is 5.75 Å². The topological polar surface area (TPSA) is 44.8 Å². The highest BCUT2D eigenvalue weighted by Crippen LogP contribution is 2.38. The Labute approximate surface area is 112 Å². The first-order valence-corrected chi connectivity index (χ1v) is 6.59. The first kappa shape index (κ1) is 12.6. The Morgan fingerprint density at radius 2 is 2.16 bits per heavy atom. The van der Waals surface area contributed by atoms with Gasteiger partial charge in [-0.2, -0.15) is 0 Å². The summed E-state index contributed by atoms with van der Waals surface area (Å²) in [5.41, 5.74) is 1.72. The van der Waals surface area contributed by atoms with E-state index in [-0.39, 0.29) is 11.2 Å². The molecule has 1 fully saturated rings. The standard InChI is InChI=1S/C15H18O4/c1-15(2)9-19-12-4-3-10(7-11(12)15)14(16)13-8-17-5-6-18-13/h3-4,7,13H,5-6,8-9H2,1-2H3. The molecule has 2 aliphatic rings. The second-order valence-electron chi connectivity index (χ2n) is 5.68. The third-order valence-corrected chi connectivity index (χ3v) is 3.69. The van der Waals surface area contributed by atoms with Crippen LogP contribution >= 0.6 is 0 Å². The molecule has 1 aromatic carbocycles. The molecule has 0 bridgehead atoms. The number of ether oxygens (including phenoxy) is 3. The zero-order valence-electron chi connectivity index (χ0n) is 11.3. The highest BCUT2D eigenvalue weighted by molar-refractivity contribution is 6.00. The van der Waals surface area contributed by atoms with E-state index >= 15 is 0 Å². The number of carbonyl (C=O) groups excluding carboxylic acids is 1. The van der Waals surface area contributed by atoms with Crippen LogP contribution in [0.3, 0.4) is 0 Å². The van der Waals surface area contributed by atoms with Crippen molar-refractivity contribution in [3.8, 4) is 5.75 Å². The lowest BCUT2D eigenvalue weighted by Crippen LogP contribution is -2.35. The number of fused-ring (bicyclic) bond motifs is 1. The van der Waals surface area contributed by atoms with Gasteiger partial charge in [-0.05, 0) is 18.2 Å². The Morgan fingerprint density at radius 1 is 1.32 bits per heavy atom. The molecule has 2 aliphatic heterocycles. The molecular formula is C15H18O4. The van der Waals surface area contributed by atoms with Crippen molar-refractivity contribution in [2.45, 2.75) is 25.4 Å². The minimum atomic E-state index is -0.475. The number of benzene rings is 1. The molecule has 2 heterocycles. The van der Waals surface area contributed by atoms with Gasteiger partial charge in [0.1, 0.15) is 11.9 Å². The SMILES string of the molecule is CC1(C)COc2ccc(C(=O)C3COCCO3)cc21. The summed E-state index contributed by atoms with van der Waals surface area (Å²) in [6.45, 7) is 6.28. The van der Waals surface area contributed by atoms with Crippen molar-refractivity contribution in [3.05, 3.63) is 29.3 Å². The summed E-state index contributed by atoms with van der Waals surface area (Å²) in [5.74, 6) is 0.868. The zero-order valence-corrected chi connectivity index (χ0v) is 11.3. The summed E-state index contributed by atoms with van der Waals surface area (Å²) in [6, 6.07) is 5.62. The molecular weight excluding hydrogens is 244 g/mol. The monoisotopic (exact) mass is 262 g/mol. The molecule has 0 amide bonds. The predicted molar refractivity (Wildman–Crippen MR) is 69.9 cm³/mol. The highest BCUT2D eigenvalue weighted by Gasteiger charge is 2.33. The fraction of sp³-hybridized carbons (Fsp3) is 0.533. The molecule has 1 aromatic rings. The lowest BCUT2D eigenvalue weighted by Gasteiger charge is -2.22. The maximum atomic E-state index is 12.4. The Hall–Kier alpha value is -1.39. The van der Waals surface area contributed by atoms with Crippen molar-refractivity contribution in [3.63, 3.8) is 0 Å². The van der Waals surface area contributed by atoms with Crippen LogP contribution in [-0.2, 0) is 14.9 Å². The molecule has 0 radical (unpaired) electrons. The van der Waals surface area contributed by atoms with Crippen molar-refractivity contribution in [1.29, 1.82) is 0 Å². The number of ketones is 1. The molecule has 4 nitrogen and oxygen atoms in total. The van der Waals surface area contributed by atoms with E-state index < -0.39 is 6.10 Å². The maximum Gasteiger partial charge on any atom is 0.193 e. The lowest BCUT2D eigenvalue weighted by atomic mass is 9.85. The van der Waals surface area contributed by atoms with E-state index in [1.807, 2.05) is 12.1 Å². The van der Waals surface area contributed by atoms with Gasteiger partial charge < -0.3 is 14.2 Å². The summed E-state index contributed by atoms with van der Waals surface area (Å²) >= 11 is 0. The molecule has 1 atom stereocenters. The van der Waals surface area contributed by atoms with Crippen LogP contribution < -0.4 is 4.74 Å². The molecule has 1 saturated heterocycles. The Kier molecular flexibility index (Phi) is 3.07. The third kappa shape index (κ3) is 2.26. The normalized spacial score (nSPS) is 24.6. The van der Waals surface area contributed by atoms with Gasteiger partial charge in [0.2, 0.25) is 0 Å². The average molecular weight is 262 g/mol. The maximum absolute atomic E-state index is 12.4. The predicted octanol–water partition coefficient (Wildman–Crippen LogP) is 1.95. The van der Waals surface area contributed by atoms with E-state index in [0.717, 1.165) is 11.3 Å². The van der Waals surface area contributed by atoms with Gasteiger partial charge in [0.15, 0.2) is 5.78 Å². The highest BCUT2D eigenvalue weighted by atomic mass is 16.6. The smallest absolute Gasteiger partial charge is 0.193 e. The summed E-state index contributed by atoms with van der Waals surface area (Å²) in [4.78, 5) is 12.4. The minimum absolute atomic E-state index is 0.00907. The molecule has 0 aromatic heterocycles. The summed E-state index contributed by atoms with van der Waals surface area (Å²) in [7, 11) is 0. The molecule has 19 heavy (non-hydrogen) atoms. The second-order valence-corrected chi connectivity index (χ2v) is 5.68. The zero-order chi connectivity index (χ0) is 13.5. The summed E-state index contributed by atoms with van der Waals surface area (Å²) < 4.78 is 16.4. The van der Waals surface area contributed by atoms with Crippen LogP contribution in [0.2, 0.25) is 0 Å². The Balaban J connectivity index is 1.88.